The summed E-state index contributed by atoms with van der Waals surface area (Å²) in [7, 11) is 1.73. The van der Waals surface area contributed by atoms with E-state index in [2.05, 4.69) is 28.3 Å². The van der Waals surface area contributed by atoms with Gasteiger partial charge in [-0.05, 0) is 6.07 Å². The van der Waals surface area contributed by atoms with Gasteiger partial charge in [-0.1, -0.05) is 36.4 Å². The molecule has 0 aromatic heterocycles. The van der Waals surface area contributed by atoms with Crippen molar-refractivity contribution in [2.45, 2.75) is 12.5 Å². The van der Waals surface area contributed by atoms with Gasteiger partial charge in [-0.15, -0.1) is 0 Å². The van der Waals surface area contributed by atoms with Crippen LogP contribution in [-0.2, 0) is 0 Å². The summed E-state index contributed by atoms with van der Waals surface area (Å²) in [6.45, 7) is 4.84. The van der Waals surface area contributed by atoms with Crippen molar-refractivity contribution in [3.8, 4) is 5.75 Å². The van der Waals surface area contributed by atoms with Crippen LogP contribution < -0.4 is 15.4 Å². The number of guanidine groups is 1. The number of halogens is 1. The molecule has 1 unspecified atom stereocenters. The third kappa shape index (κ3) is 3.64. The molecule has 0 spiro atoms. The van der Waals surface area contributed by atoms with Gasteiger partial charge in [-0.3, -0.25) is 4.99 Å². The van der Waals surface area contributed by atoms with Gasteiger partial charge in [0.05, 0.1) is 19.2 Å². The Morgan fingerprint density at radius 3 is 3.05 bits per heavy atom. The second kappa shape index (κ2) is 6.48. The zero-order chi connectivity index (χ0) is 13.7. The fourth-order valence-corrected chi connectivity index (χ4v) is 2.10. The SMILES string of the molecule is C=C(Cl)CNC(=NC)NC1CCOc2ccccc21. The molecule has 4 nitrogen and oxygen atoms in total. The number of nitrogens with zero attached hydrogens (tertiary/aromatic N) is 1. The standard InChI is InChI=1S/C14H18ClN3O/c1-10(15)9-17-14(16-2)18-12-7-8-19-13-6-4-3-5-11(12)13/h3-6,12H,1,7-9H2,2H3,(H2,16,17,18). The Morgan fingerprint density at radius 1 is 1.53 bits per heavy atom. The van der Waals surface area contributed by atoms with Gasteiger partial charge in [0.1, 0.15) is 5.75 Å². The molecule has 2 rings (SSSR count). The number of ether oxygens (including phenoxy) is 1. The lowest BCUT2D eigenvalue weighted by atomic mass is 10.0. The predicted octanol–water partition coefficient (Wildman–Crippen LogP) is 2.43. The highest BCUT2D eigenvalue weighted by Crippen LogP contribution is 2.31. The molecule has 0 saturated carbocycles. The Kier molecular flexibility index (Phi) is 4.68. The highest BCUT2D eigenvalue weighted by molar-refractivity contribution is 6.29. The molecule has 0 aliphatic carbocycles. The molecule has 1 atom stereocenters. The number of nitrogens with one attached hydrogen (secondary N) is 2. The number of para-hydroxylation sites is 1. The molecular weight excluding hydrogens is 262 g/mol. The lowest BCUT2D eigenvalue weighted by Gasteiger charge is -2.28. The van der Waals surface area contributed by atoms with Crippen molar-refractivity contribution >= 4 is 17.6 Å². The van der Waals surface area contributed by atoms with Crippen LogP contribution in [0.3, 0.4) is 0 Å². The quantitative estimate of drug-likeness (QED) is 0.660. The maximum atomic E-state index is 5.74. The smallest absolute Gasteiger partial charge is 0.191 e. The number of aliphatic imine (C=N–C) groups is 1. The van der Waals surface area contributed by atoms with Crippen LogP contribution in [0.15, 0.2) is 40.9 Å². The minimum atomic E-state index is 0.194. The van der Waals surface area contributed by atoms with Crippen molar-refractivity contribution in [3.05, 3.63) is 41.4 Å². The van der Waals surface area contributed by atoms with E-state index in [1.807, 2.05) is 18.2 Å². The van der Waals surface area contributed by atoms with Gasteiger partial charge in [0.15, 0.2) is 5.96 Å². The third-order valence-corrected chi connectivity index (χ3v) is 3.07. The molecule has 102 valence electrons. The van der Waals surface area contributed by atoms with Crippen LogP contribution in [0.1, 0.15) is 18.0 Å². The summed E-state index contributed by atoms with van der Waals surface area (Å²) in [6.07, 6.45) is 0.902. The molecule has 1 aliphatic heterocycles. The highest BCUT2D eigenvalue weighted by atomic mass is 35.5. The first-order chi connectivity index (χ1) is 9.20. The monoisotopic (exact) mass is 279 g/mol. The molecule has 5 heteroatoms. The number of hydrogen-bond donors (Lipinski definition) is 2. The van der Waals surface area contributed by atoms with Crippen molar-refractivity contribution < 1.29 is 4.74 Å². The van der Waals surface area contributed by atoms with E-state index in [0.29, 0.717) is 24.1 Å². The molecular formula is C14H18ClN3O. The molecule has 2 N–H and O–H groups in total. The predicted molar refractivity (Wildman–Crippen MR) is 78.8 cm³/mol. The zero-order valence-electron chi connectivity index (χ0n) is 10.9. The van der Waals surface area contributed by atoms with Gasteiger partial charge in [0.2, 0.25) is 0 Å². The number of rotatable bonds is 3. The lowest BCUT2D eigenvalue weighted by molar-refractivity contribution is 0.261. The normalized spacial score (nSPS) is 18.2. The van der Waals surface area contributed by atoms with E-state index in [1.54, 1.807) is 7.05 Å². The average Bonchev–Trinajstić information content (AvgIpc) is 2.43. The maximum absolute atomic E-state index is 5.74. The molecule has 0 saturated heterocycles. The molecule has 0 fully saturated rings. The van der Waals surface area contributed by atoms with Crippen molar-refractivity contribution in [1.29, 1.82) is 0 Å². The molecule has 0 radical (unpaired) electrons. The molecule has 0 bridgehead atoms. The van der Waals surface area contributed by atoms with E-state index in [-0.39, 0.29) is 6.04 Å². The van der Waals surface area contributed by atoms with Crippen LogP contribution in [0, 0.1) is 0 Å². The van der Waals surface area contributed by atoms with Crippen LogP contribution in [-0.4, -0.2) is 26.2 Å². The molecule has 1 aromatic carbocycles. The van der Waals surface area contributed by atoms with Crippen molar-refractivity contribution in [1.82, 2.24) is 10.6 Å². The summed E-state index contributed by atoms with van der Waals surface area (Å²) < 4.78 is 5.63. The number of benzene rings is 1. The first kappa shape index (κ1) is 13.7. The second-order valence-electron chi connectivity index (χ2n) is 4.31. The average molecular weight is 280 g/mol. The largest absolute Gasteiger partial charge is 0.493 e. The van der Waals surface area contributed by atoms with Gasteiger partial charge in [0, 0.05) is 24.1 Å². The van der Waals surface area contributed by atoms with Crippen LogP contribution in [0.2, 0.25) is 0 Å². The van der Waals surface area contributed by atoms with Crippen LogP contribution in [0.4, 0.5) is 0 Å². The van der Waals surface area contributed by atoms with Crippen LogP contribution in [0.5, 0.6) is 5.75 Å². The van der Waals surface area contributed by atoms with Gasteiger partial charge >= 0.3 is 0 Å². The fraction of sp³-hybridized carbons (Fsp3) is 0.357. The summed E-state index contributed by atoms with van der Waals surface area (Å²) in [4.78, 5) is 4.18. The third-order valence-electron chi connectivity index (χ3n) is 2.94. The summed E-state index contributed by atoms with van der Waals surface area (Å²) >= 11 is 5.74. The first-order valence-corrected chi connectivity index (χ1v) is 6.60. The Balaban J connectivity index is 2.05. The highest BCUT2D eigenvalue weighted by Gasteiger charge is 2.21. The summed E-state index contributed by atoms with van der Waals surface area (Å²) in [6, 6.07) is 8.24. The lowest BCUT2D eigenvalue weighted by Crippen LogP contribution is -2.41. The molecule has 1 heterocycles. The van der Waals surface area contributed by atoms with E-state index >= 15 is 0 Å². The second-order valence-corrected chi connectivity index (χ2v) is 4.85. The summed E-state index contributed by atoms with van der Waals surface area (Å²) in [5.74, 6) is 1.65. The number of hydrogen-bond acceptors (Lipinski definition) is 2. The Labute approximate surface area is 118 Å². The van der Waals surface area contributed by atoms with E-state index < -0.39 is 0 Å². The van der Waals surface area contributed by atoms with Gasteiger partial charge in [0.25, 0.3) is 0 Å². The Morgan fingerprint density at radius 2 is 2.32 bits per heavy atom. The minimum Gasteiger partial charge on any atom is -0.493 e. The number of fused-ring (bicyclic) bond motifs is 1. The topological polar surface area (TPSA) is 45.7 Å². The van der Waals surface area contributed by atoms with Crippen LogP contribution in [0.25, 0.3) is 0 Å². The van der Waals surface area contributed by atoms with Gasteiger partial charge < -0.3 is 15.4 Å². The zero-order valence-corrected chi connectivity index (χ0v) is 11.7. The molecule has 19 heavy (non-hydrogen) atoms. The Bertz CT molecular complexity index is 487. The maximum Gasteiger partial charge on any atom is 0.191 e. The summed E-state index contributed by atoms with van der Waals surface area (Å²) in [5.41, 5.74) is 1.15. The van der Waals surface area contributed by atoms with Crippen molar-refractivity contribution in [3.63, 3.8) is 0 Å². The van der Waals surface area contributed by atoms with E-state index in [0.717, 1.165) is 17.7 Å². The van der Waals surface area contributed by atoms with Gasteiger partial charge in [-0.2, -0.15) is 0 Å². The minimum absolute atomic E-state index is 0.194. The van der Waals surface area contributed by atoms with E-state index in [4.69, 9.17) is 16.3 Å². The van der Waals surface area contributed by atoms with Crippen molar-refractivity contribution in [2.24, 2.45) is 4.99 Å². The van der Waals surface area contributed by atoms with Crippen molar-refractivity contribution in [2.75, 3.05) is 20.2 Å². The van der Waals surface area contributed by atoms with Crippen LogP contribution >= 0.6 is 11.6 Å². The summed E-state index contributed by atoms with van der Waals surface area (Å²) in [5, 5.41) is 7.04. The first-order valence-electron chi connectivity index (χ1n) is 6.23. The van der Waals surface area contributed by atoms with Gasteiger partial charge in [-0.25, -0.2) is 0 Å². The Hall–Kier alpha value is -1.68. The fourth-order valence-electron chi connectivity index (χ4n) is 2.03. The molecule has 0 amide bonds. The van der Waals surface area contributed by atoms with E-state index in [9.17, 15) is 0 Å². The molecule has 1 aromatic rings. The van der Waals surface area contributed by atoms with E-state index in [1.165, 1.54) is 0 Å². The molecule has 1 aliphatic rings.